The lowest BCUT2D eigenvalue weighted by molar-refractivity contribution is -0.138. The highest BCUT2D eigenvalue weighted by Gasteiger charge is 2.28. The summed E-state index contributed by atoms with van der Waals surface area (Å²) in [5.74, 6) is -1.06. The maximum Gasteiger partial charge on any atom is 0.303 e. The van der Waals surface area contributed by atoms with E-state index < -0.39 is 5.97 Å². The van der Waals surface area contributed by atoms with Gasteiger partial charge in [0.1, 0.15) is 5.00 Å². The first-order chi connectivity index (χ1) is 13.8. The standard InChI is InChI=1S/C22H26N2O4S/c1-13-3-6-15(7-4-13)12-23-21(28)20-16-8-5-14(2)11-17(16)29-22(20)24-18(25)9-10-19(26)27/h3-4,6-7,14H,5,8-12H2,1-2H3,(H,23,28)(H,24,25)(H,26,27). The van der Waals surface area contributed by atoms with E-state index in [1.165, 1.54) is 11.3 Å². The van der Waals surface area contributed by atoms with E-state index >= 15 is 0 Å². The van der Waals surface area contributed by atoms with Crippen LogP contribution < -0.4 is 10.6 Å². The summed E-state index contributed by atoms with van der Waals surface area (Å²) in [5, 5.41) is 15.1. The summed E-state index contributed by atoms with van der Waals surface area (Å²) in [4.78, 5) is 37.1. The molecule has 1 aliphatic carbocycles. The Balaban J connectivity index is 1.79. The number of rotatable bonds is 7. The Morgan fingerprint density at radius 2 is 1.90 bits per heavy atom. The third-order valence-corrected chi connectivity index (χ3v) is 6.30. The molecule has 6 nitrogen and oxygen atoms in total. The molecular formula is C22H26N2O4S. The van der Waals surface area contributed by atoms with Crippen LogP contribution in [0.15, 0.2) is 24.3 Å². The van der Waals surface area contributed by atoms with Crippen LogP contribution in [-0.4, -0.2) is 22.9 Å². The van der Waals surface area contributed by atoms with Crippen molar-refractivity contribution in [1.82, 2.24) is 5.32 Å². The summed E-state index contributed by atoms with van der Waals surface area (Å²) >= 11 is 1.44. The molecule has 0 saturated heterocycles. The van der Waals surface area contributed by atoms with Crippen molar-refractivity contribution < 1.29 is 19.5 Å². The molecule has 154 valence electrons. The Morgan fingerprint density at radius 3 is 2.59 bits per heavy atom. The van der Waals surface area contributed by atoms with Crippen molar-refractivity contribution in [3.05, 3.63) is 51.4 Å². The van der Waals surface area contributed by atoms with E-state index in [0.29, 0.717) is 23.0 Å². The monoisotopic (exact) mass is 414 g/mol. The molecule has 1 aromatic carbocycles. The zero-order chi connectivity index (χ0) is 21.0. The number of nitrogens with one attached hydrogen (secondary N) is 2. The lowest BCUT2D eigenvalue weighted by atomic mass is 9.88. The molecule has 0 bridgehead atoms. The molecule has 0 saturated carbocycles. The van der Waals surface area contributed by atoms with Crippen LogP contribution in [0.2, 0.25) is 0 Å². The number of amides is 2. The average molecular weight is 415 g/mol. The highest BCUT2D eigenvalue weighted by molar-refractivity contribution is 7.17. The first kappa shape index (κ1) is 21.0. The molecule has 0 radical (unpaired) electrons. The largest absolute Gasteiger partial charge is 0.481 e. The van der Waals surface area contributed by atoms with Gasteiger partial charge in [0.05, 0.1) is 12.0 Å². The summed E-state index contributed by atoms with van der Waals surface area (Å²) < 4.78 is 0. The Kier molecular flexibility index (Phi) is 6.69. The van der Waals surface area contributed by atoms with Crippen molar-refractivity contribution in [1.29, 1.82) is 0 Å². The van der Waals surface area contributed by atoms with Crippen LogP contribution in [0.3, 0.4) is 0 Å². The molecule has 1 aliphatic rings. The SMILES string of the molecule is Cc1ccc(CNC(=O)c2c(NC(=O)CCC(=O)O)sc3c2CCC(C)C3)cc1. The minimum atomic E-state index is -1.02. The predicted octanol–water partition coefficient (Wildman–Crippen LogP) is 3.91. The van der Waals surface area contributed by atoms with E-state index in [4.69, 9.17) is 5.11 Å². The number of carboxylic acids is 1. The topological polar surface area (TPSA) is 95.5 Å². The Bertz CT molecular complexity index is 918. The van der Waals surface area contributed by atoms with E-state index in [2.05, 4.69) is 17.6 Å². The average Bonchev–Trinajstić information content (AvgIpc) is 3.02. The Hall–Kier alpha value is -2.67. The second kappa shape index (κ2) is 9.22. The second-order valence-electron chi connectivity index (χ2n) is 7.67. The van der Waals surface area contributed by atoms with Gasteiger partial charge in [0.25, 0.3) is 5.91 Å². The summed E-state index contributed by atoms with van der Waals surface area (Å²) in [7, 11) is 0. The van der Waals surface area contributed by atoms with Gasteiger partial charge in [0.15, 0.2) is 0 Å². The lowest BCUT2D eigenvalue weighted by Gasteiger charge is -2.18. The normalized spacial score (nSPS) is 15.4. The number of anilines is 1. The molecule has 0 spiro atoms. The van der Waals surface area contributed by atoms with Gasteiger partial charge >= 0.3 is 5.97 Å². The van der Waals surface area contributed by atoms with Gasteiger partial charge in [-0.3, -0.25) is 14.4 Å². The minimum absolute atomic E-state index is 0.112. The maximum atomic E-state index is 13.0. The number of aliphatic carboxylic acids is 1. The van der Waals surface area contributed by atoms with Gasteiger partial charge in [0, 0.05) is 17.8 Å². The van der Waals surface area contributed by atoms with Gasteiger partial charge in [-0.1, -0.05) is 36.8 Å². The van der Waals surface area contributed by atoms with E-state index in [0.717, 1.165) is 40.8 Å². The van der Waals surface area contributed by atoms with Crippen molar-refractivity contribution in [3.8, 4) is 0 Å². The number of hydrogen-bond acceptors (Lipinski definition) is 4. The third kappa shape index (κ3) is 5.44. The molecule has 1 heterocycles. The quantitative estimate of drug-likeness (QED) is 0.640. The van der Waals surface area contributed by atoms with Crippen molar-refractivity contribution in [2.45, 2.75) is 52.5 Å². The van der Waals surface area contributed by atoms with Gasteiger partial charge < -0.3 is 15.7 Å². The molecule has 1 atom stereocenters. The van der Waals surface area contributed by atoms with E-state index in [9.17, 15) is 14.4 Å². The van der Waals surface area contributed by atoms with E-state index in [1.807, 2.05) is 31.2 Å². The van der Waals surface area contributed by atoms with Crippen molar-refractivity contribution in [3.63, 3.8) is 0 Å². The number of carboxylic acid groups (broad SMARTS) is 1. The van der Waals surface area contributed by atoms with Gasteiger partial charge in [-0.2, -0.15) is 0 Å². The van der Waals surface area contributed by atoms with Crippen molar-refractivity contribution in [2.75, 3.05) is 5.32 Å². The molecule has 3 N–H and O–H groups in total. The minimum Gasteiger partial charge on any atom is -0.481 e. The lowest BCUT2D eigenvalue weighted by Crippen LogP contribution is -2.26. The molecule has 29 heavy (non-hydrogen) atoms. The van der Waals surface area contributed by atoms with Crippen LogP contribution in [0.25, 0.3) is 0 Å². The van der Waals surface area contributed by atoms with Crippen LogP contribution in [0.1, 0.15) is 58.1 Å². The number of benzene rings is 1. The van der Waals surface area contributed by atoms with E-state index in [-0.39, 0.29) is 24.7 Å². The molecule has 7 heteroatoms. The van der Waals surface area contributed by atoms with E-state index in [1.54, 1.807) is 0 Å². The molecule has 0 fully saturated rings. The first-order valence-electron chi connectivity index (χ1n) is 9.83. The molecule has 2 amide bonds. The molecule has 1 unspecified atom stereocenters. The van der Waals surface area contributed by atoms with Gasteiger partial charge in [0.2, 0.25) is 5.91 Å². The highest BCUT2D eigenvalue weighted by atomic mass is 32.1. The summed E-state index contributed by atoms with van der Waals surface area (Å²) in [6.45, 7) is 4.61. The summed E-state index contributed by atoms with van der Waals surface area (Å²) in [6.07, 6.45) is 2.37. The van der Waals surface area contributed by atoms with Crippen LogP contribution in [0, 0.1) is 12.8 Å². The molecular weight excluding hydrogens is 388 g/mol. The molecule has 3 rings (SSSR count). The Labute approximate surface area is 174 Å². The Morgan fingerprint density at radius 1 is 1.17 bits per heavy atom. The number of carbonyl (C=O) groups excluding carboxylic acids is 2. The fraction of sp³-hybridized carbons (Fsp3) is 0.409. The van der Waals surface area contributed by atoms with Crippen molar-refractivity contribution in [2.24, 2.45) is 5.92 Å². The van der Waals surface area contributed by atoms with Gasteiger partial charge in [-0.15, -0.1) is 11.3 Å². The maximum absolute atomic E-state index is 13.0. The van der Waals surface area contributed by atoms with Gasteiger partial charge in [-0.05, 0) is 43.2 Å². The molecule has 1 aromatic heterocycles. The van der Waals surface area contributed by atoms with Crippen LogP contribution in [0.5, 0.6) is 0 Å². The third-order valence-electron chi connectivity index (χ3n) is 5.13. The van der Waals surface area contributed by atoms with Crippen LogP contribution in [-0.2, 0) is 29.0 Å². The van der Waals surface area contributed by atoms with Crippen molar-refractivity contribution >= 4 is 34.1 Å². The van der Waals surface area contributed by atoms with Gasteiger partial charge in [-0.25, -0.2) is 0 Å². The molecule has 0 aliphatic heterocycles. The summed E-state index contributed by atoms with van der Waals surface area (Å²) in [6, 6.07) is 7.97. The highest BCUT2D eigenvalue weighted by Crippen LogP contribution is 2.39. The molecule has 2 aromatic rings. The fourth-order valence-corrected chi connectivity index (χ4v) is 4.89. The predicted molar refractivity (Wildman–Crippen MR) is 113 cm³/mol. The van der Waals surface area contributed by atoms with Crippen LogP contribution in [0.4, 0.5) is 5.00 Å². The number of hydrogen-bond donors (Lipinski definition) is 3. The first-order valence-corrected chi connectivity index (χ1v) is 10.6. The zero-order valence-corrected chi connectivity index (χ0v) is 17.5. The number of fused-ring (bicyclic) bond motifs is 1. The second-order valence-corrected chi connectivity index (χ2v) is 8.77. The fourth-order valence-electron chi connectivity index (χ4n) is 3.47. The smallest absolute Gasteiger partial charge is 0.303 e. The number of aryl methyl sites for hydroxylation is 1. The number of thiophene rings is 1. The van der Waals surface area contributed by atoms with Crippen LogP contribution >= 0.6 is 11.3 Å². The summed E-state index contributed by atoms with van der Waals surface area (Å²) in [5.41, 5.74) is 3.72. The zero-order valence-electron chi connectivity index (χ0n) is 16.7. The number of carbonyl (C=O) groups is 3.